The lowest BCUT2D eigenvalue weighted by atomic mass is 9.96. The summed E-state index contributed by atoms with van der Waals surface area (Å²) in [7, 11) is 0. The third-order valence-corrected chi connectivity index (χ3v) is 4.07. The van der Waals surface area contributed by atoms with Crippen LogP contribution in [-0.4, -0.2) is 35.3 Å². The maximum absolute atomic E-state index is 12.2. The fraction of sp³-hybridized carbons (Fsp3) is 0.556. The van der Waals surface area contributed by atoms with E-state index in [9.17, 15) is 9.59 Å². The molecular weight excluding hydrogens is 308 g/mol. The number of likely N-dealkylation sites (tertiary alicyclic amines) is 1. The van der Waals surface area contributed by atoms with Crippen LogP contribution >= 0.6 is 0 Å². The van der Waals surface area contributed by atoms with Crippen molar-refractivity contribution in [3.8, 4) is 0 Å². The van der Waals surface area contributed by atoms with Crippen LogP contribution in [0, 0.1) is 5.92 Å². The number of carbonyl (C=O) groups is 2. The number of nitrogens with zero attached hydrogens (tertiary/aromatic N) is 1. The number of piperidine rings is 1. The molecule has 1 aromatic rings. The summed E-state index contributed by atoms with van der Waals surface area (Å²) >= 11 is 0. The predicted molar refractivity (Wildman–Crippen MR) is 89.4 cm³/mol. The Kier molecular flexibility index (Phi) is 5.62. The van der Waals surface area contributed by atoms with Crippen molar-refractivity contribution in [1.29, 1.82) is 0 Å². The zero-order valence-electron chi connectivity index (χ0n) is 14.7. The van der Waals surface area contributed by atoms with Gasteiger partial charge in [0.1, 0.15) is 25.3 Å². The summed E-state index contributed by atoms with van der Waals surface area (Å²) in [4.78, 5) is 24.4. The van der Waals surface area contributed by atoms with Crippen molar-refractivity contribution in [1.82, 2.24) is 0 Å². The van der Waals surface area contributed by atoms with Crippen LogP contribution in [0.5, 0.6) is 0 Å². The van der Waals surface area contributed by atoms with Crippen molar-refractivity contribution in [3.63, 3.8) is 0 Å². The molecule has 1 aromatic carbocycles. The monoisotopic (exact) mass is 335 g/mol. The second-order valence-electron chi connectivity index (χ2n) is 7.33. The fourth-order valence-corrected chi connectivity index (χ4v) is 2.65. The molecule has 0 radical (unpaired) electrons. The number of quaternary nitrogens is 1. The first-order chi connectivity index (χ1) is 11.2. The van der Waals surface area contributed by atoms with E-state index < -0.39 is 11.7 Å². The van der Waals surface area contributed by atoms with Gasteiger partial charge in [-0.1, -0.05) is 30.3 Å². The smallest absolute Gasteiger partial charge is 0.461 e. The van der Waals surface area contributed by atoms with Gasteiger partial charge in [-0.3, -0.25) is 4.79 Å². The Balaban J connectivity index is 1.83. The molecule has 6 heteroatoms. The van der Waals surface area contributed by atoms with Crippen molar-refractivity contribution >= 4 is 12.1 Å². The van der Waals surface area contributed by atoms with E-state index in [0.29, 0.717) is 25.9 Å². The number of benzene rings is 1. The molecule has 24 heavy (non-hydrogen) atoms. The lowest BCUT2D eigenvalue weighted by Gasteiger charge is -2.36. The lowest BCUT2D eigenvalue weighted by Crippen LogP contribution is -2.63. The minimum Gasteiger partial charge on any atom is -0.461 e. The van der Waals surface area contributed by atoms with Gasteiger partial charge in [0.25, 0.3) is 0 Å². The third kappa shape index (κ3) is 5.04. The first-order valence-corrected chi connectivity index (χ1v) is 8.29. The van der Waals surface area contributed by atoms with Gasteiger partial charge in [-0.25, -0.2) is 0 Å². The van der Waals surface area contributed by atoms with E-state index in [1.807, 2.05) is 51.1 Å². The summed E-state index contributed by atoms with van der Waals surface area (Å²) in [5, 5.41) is 0. The highest BCUT2D eigenvalue weighted by atomic mass is 16.6. The van der Waals surface area contributed by atoms with Gasteiger partial charge in [-0.05, 0) is 26.3 Å². The molecule has 0 spiro atoms. The average molecular weight is 335 g/mol. The molecule has 0 unspecified atom stereocenters. The van der Waals surface area contributed by atoms with Gasteiger partial charge in [-0.2, -0.15) is 10.6 Å². The fourth-order valence-electron chi connectivity index (χ4n) is 2.65. The number of hydrogen-bond acceptors (Lipinski definition) is 5. The summed E-state index contributed by atoms with van der Waals surface area (Å²) in [5.41, 5.74) is 0.382. The summed E-state index contributed by atoms with van der Waals surface area (Å²) < 4.78 is 10.5. The Labute approximate surface area is 143 Å². The largest absolute Gasteiger partial charge is 0.536 e. The van der Waals surface area contributed by atoms with Gasteiger partial charge in [0.05, 0.1) is 5.92 Å². The number of carbonyl (C=O) groups excluding carboxylic acids is 2. The lowest BCUT2D eigenvalue weighted by molar-refractivity contribution is -0.876. The molecule has 1 heterocycles. The van der Waals surface area contributed by atoms with Crippen LogP contribution < -0.4 is 5.84 Å². The molecule has 0 aliphatic carbocycles. The number of ether oxygens (including phenoxy) is 2. The van der Waals surface area contributed by atoms with Crippen LogP contribution in [0.15, 0.2) is 30.3 Å². The second kappa shape index (κ2) is 7.32. The van der Waals surface area contributed by atoms with Crippen LogP contribution in [0.4, 0.5) is 4.79 Å². The van der Waals surface area contributed by atoms with Crippen LogP contribution in [0.1, 0.15) is 39.2 Å². The number of amides is 1. The number of nitrogens with two attached hydrogens (primary N) is 1. The minimum atomic E-state index is -0.576. The number of esters is 1. The van der Waals surface area contributed by atoms with E-state index in [4.69, 9.17) is 15.3 Å². The normalized spacial score (nSPS) is 24.2. The van der Waals surface area contributed by atoms with Crippen molar-refractivity contribution < 1.29 is 23.7 Å². The maximum Gasteiger partial charge on any atom is 0.536 e. The van der Waals surface area contributed by atoms with Gasteiger partial charge in [-0.15, -0.1) is 4.59 Å². The summed E-state index contributed by atoms with van der Waals surface area (Å²) in [5.74, 6) is 5.70. The summed E-state index contributed by atoms with van der Waals surface area (Å²) in [6, 6.07) is 9.56. The van der Waals surface area contributed by atoms with Gasteiger partial charge >= 0.3 is 12.1 Å². The zero-order valence-corrected chi connectivity index (χ0v) is 14.7. The highest BCUT2D eigenvalue weighted by Gasteiger charge is 2.43. The molecular formula is C18H27N2O4+. The topological polar surface area (TPSA) is 78.6 Å². The van der Waals surface area contributed by atoms with Crippen molar-refractivity contribution in [2.75, 3.05) is 13.1 Å². The van der Waals surface area contributed by atoms with Gasteiger partial charge in [0.15, 0.2) is 0 Å². The van der Waals surface area contributed by atoms with Crippen molar-refractivity contribution in [2.45, 2.75) is 45.8 Å². The SMILES string of the molecule is CC(C)(C)OC(=O)[N+]1(N)CCC(C(=O)OCc2ccccc2)CC1. The predicted octanol–water partition coefficient (Wildman–Crippen LogP) is 2.77. The number of hydrogen-bond donors (Lipinski definition) is 1. The number of rotatable bonds is 3. The Morgan fingerprint density at radius 2 is 1.75 bits per heavy atom. The minimum absolute atomic E-state index is 0.217. The second-order valence-corrected chi connectivity index (χ2v) is 7.33. The van der Waals surface area contributed by atoms with Crippen LogP contribution in [-0.2, 0) is 20.9 Å². The van der Waals surface area contributed by atoms with Crippen molar-refractivity contribution in [3.05, 3.63) is 35.9 Å². The van der Waals surface area contributed by atoms with Gasteiger partial charge in [0.2, 0.25) is 0 Å². The first kappa shape index (κ1) is 18.4. The van der Waals surface area contributed by atoms with Gasteiger partial charge in [0, 0.05) is 12.8 Å². The van der Waals surface area contributed by atoms with E-state index in [-0.39, 0.29) is 23.1 Å². The molecule has 2 rings (SSSR count). The highest BCUT2D eigenvalue weighted by Crippen LogP contribution is 2.24. The van der Waals surface area contributed by atoms with E-state index in [1.165, 1.54) is 0 Å². The third-order valence-electron chi connectivity index (χ3n) is 4.07. The highest BCUT2D eigenvalue weighted by molar-refractivity contribution is 5.72. The quantitative estimate of drug-likeness (QED) is 0.398. The Hall–Kier alpha value is -1.92. The molecule has 1 amide bonds. The molecule has 1 saturated heterocycles. The molecule has 0 aromatic heterocycles. The van der Waals surface area contributed by atoms with E-state index in [1.54, 1.807) is 0 Å². The van der Waals surface area contributed by atoms with Crippen LogP contribution in [0.2, 0.25) is 0 Å². The van der Waals surface area contributed by atoms with Crippen LogP contribution in [0.3, 0.4) is 0 Å². The van der Waals surface area contributed by atoms with E-state index >= 15 is 0 Å². The summed E-state index contributed by atoms with van der Waals surface area (Å²) in [6.07, 6.45) is 0.589. The molecule has 0 atom stereocenters. The molecule has 1 fully saturated rings. The molecule has 1 aliphatic heterocycles. The molecule has 2 N–H and O–H groups in total. The van der Waals surface area contributed by atoms with Gasteiger partial charge < -0.3 is 9.47 Å². The van der Waals surface area contributed by atoms with Crippen molar-refractivity contribution in [2.24, 2.45) is 11.8 Å². The van der Waals surface area contributed by atoms with E-state index in [2.05, 4.69) is 0 Å². The molecule has 0 bridgehead atoms. The average Bonchev–Trinajstić information content (AvgIpc) is 2.52. The first-order valence-electron chi connectivity index (χ1n) is 8.29. The Morgan fingerprint density at radius 3 is 2.29 bits per heavy atom. The Bertz CT molecular complexity index is 572. The molecule has 6 nitrogen and oxygen atoms in total. The molecule has 0 saturated carbocycles. The molecule has 132 valence electrons. The molecule has 1 aliphatic rings. The van der Waals surface area contributed by atoms with E-state index in [0.717, 1.165) is 5.56 Å². The standard InChI is InChI=1S/C18H27N2O4/c1-18(2,3)24-17(22)20(19)11-9-15(10-12-20)16(21)23-13-14-7-5-4-6-8-14/h4-8,15H,9-13,19H2,1-3H3/q+1. The maximum atomic E-state index is 12.2. The zero-order chi connectivity index (χ0) is 17.8. The van der Waals surface area contributed by atoms with Crippen LogP contribution in [0.25, 0.3) is 0 Å². The summed E-state index contributed by atoms with van der Waals surface area (Å²) in [6.45, 7) is 6.45. The Morgan fingerprint density at radius 1 is 1.17 bits per heavy atom.